The lowest BCUT2D eigenvalue weighted by atomic mass is 9.73. The number of aromatic nitrogens is 2. The fraction of sp³-hybridized carbons (Fsp3) is 0.410. The Balaban J connectivity index is 0.935. The number of aliphatic hydroxyl groups excluding tert-OH is 1. The highest BCUT2D eigenvalue weighted by Crippen LogP contribution is 2.43. The van der Waals surface area contributed by atoms with Crippen LogP contribution in [0.15, 0.2) is 82.1 Å². The van der Waals surface area contributed by atoms with Crippen LogP contribution in [0.2, 0.25) is 0 Å². The summed E-state index contributed by atoms with van der Waals surface area (Å²) in [6.07, 6.45) is 7.44. The van der Waals surface area contributed by atoms with Crippen molar-refractivity contribution in [1.29, 1.82) is 0 Å². The molecule has 270 valence electrons. The van der Waals surface area contributed by atoms with Crippen LogP contribution in [0, 0.1) is 5.92 Å². The van der Waals surface area contributed by atoms with Gasteiger partial charge in [0.05, 0.1) is 17.0 Å². The minimum atomic E-state index is -1.25. The molecule has 11 nitrogen and oxygen atoms in total. The molecule has 2 aromatic heterocycles. The zero-order valence-corrected chi connectivity index (χ0v) is 29.8. The highest BCUT2D eigenvalue weighted by atomic mass is 32.1. The van der Waals surface area contributed by atoms with Crippen LogP contribution in [0.3, 0.4) is 0 Å². The van der Waals surface area contributed by atoms with Gasteiger partial charge in [0.25, 0.3) is 5.91 Å². The first kappa shape index (κ1) is 36.5. The third-order valence-electron chi connectivity index (χ3n) is 9.87. The van der Waals surface area contributed by atoms with Crippen LogP contribution >= 0.6 is 11.3 Å². The van der Waals surface area contributed by atoms with Gasteiger partial charge in [-0.05, 0) is 62.2 Å². The molecule has 2 atom stereocenters. The summed E-state index contributed by atoms with van der Waals surface area (Å²) in [7, 11) is 2.00. The number of hydrogen-bond donors (Lipinski definition) is 6. The number of nitrogens with zero attached hydrogens (tertiary/aromatic N) is 2. The SMILES string of the molecule is CN(CCNC(=O)c1cccc(CCNC[C@@H](O)c2ccc(O)c3[nH]c(=O)sc23)c1)CCc1cnc(C(O)(c2ccccc2)C2CCCCC2)o1. The molecule has 0 aliphatic heterocycles. The van der Waals surface area contributed by atoms with Crippen molar-refractivity contribution < 1.29 is 24.5 Å². The molecular formula is C39H47N5O6S. The lowest BCUT2D eigenvalue weighted by Crippen LogP contribution is -2.38. The number of oxazole rings is 1. The largest absolute Gasteiger partial charge is 0.506 e. The van der Waals surface area contributed by atoms with Crippen LogP contribution in [-0.4, -0.2) is 75.9 Å². The number of benzene rings is 3. The summed E-state index contributed by atoms with van der Waals surface area (Å²) >= 11 is 0.962. The Morgan fingerprint density at radius 2 is 1.86 bits per heavy atom. The molecule has 1 aliphatic rings. The van der Waals surface area contributed by atoms with Crippen molar-refractivity contribution in [3.8, 4) is 5.75 Å². The van der Waals surface area contributed by atoms with Crippen molar-refractivity contribution in [3.63, 3.8) is 0 Å². The topological polar surface area (TPSA) is 164 Å². The molecular weight excluding hydrogens is 667 g/mol. The average molecular weight is 714 g/mol. The van der Waals surface area contributed by atoms with E-state index < -0.39 is 11.7 Å². The number of aliphatic hydroxyl groups is 2. The van der Waals surface area contributed by atoms with E-state index in [9.17, 15) is 24.9 Å². The first-order chi connectivity index (χ1) is 24.7. The lowest BCUT2D eigenvalue weighted by molar-refractivity contribution is -0.0239. The Hall–Kier alpha value is -4.33. The normalized spacial score (nSPS) is 15.6. The molecule has 5 aromatic rings. The molecule has 51 heavy (non-hydrogen) atoms. The van der Waals surface area contributed by atoms with Gasteiger partial charge in [0, 0.05) is 49.6 Å². The molecule has 6 N–H and O–H groups in total. The van der Waals surface area contributed by atoms with Crippen LogP contribution < -0.4 is 15.5 Å². The molecule has 1 unspecified atom stereocenters. The van der Waals surface area contributed by atoms with Gasteiger partial charge in [0.15, 0.2) is 5.60 Å². The van der Waals surface area contributed by atoms with Gasteiger partial charge in [-0.2, -0.15) is 0 Å². The van der Waals surface area contributed by atoms with Crippen LogP contribution in [0.4, 0.5) is 0 Å². The number of nitrogens with one attached hydrogen (secondary N) is 3. The zero-order valence-electron chi connectivity index (χ0n) is 28.9. The number of aromatic amines is 1. The van der Waals surface area contributed by atoms with Crippen LogP contribution in [0.25, 0.3) is 10.2 Å². The summed E-state index contributed by atoms with van der Waals surface area (Å²) in [6.45, 7) is 2.69. The quantitative estimate of drug-likeness (QED) is 0.0784. The lowest BCUT2D eigenvalue weighted by Gasteiger charge is -2.36. The van der Waals surface area contributed by atoms with Gasteiger partial charge in [0.1, 0.15) is 17.0 Å². The van der Waals surface area contributed by atoms with Crippen molar-refractivity contribution in [2.24, 2.45) is 5.92 Å². The number of phenolic OH excluding ortho intramolecular Hbond substituents is 1. The Labute approximate surface area is 301 Å². The molecule has 12 heteroatoms. The van der Waals surface area contributed by atoms with Crippen LogP contribution in [0.1, 0.15) is 76.9 Å². The molecule has 0 bridgehead atoms. The Kier molecular flexibility index (Phi) is 12.0. The first-order valence-corrected chi connectivity index (χ1v) is 18.6. The van der Waals surface area contributed by atoms with E-state index in [2.05, 4.69) is 25.5 Å². The second-order valence-corrected chi connectivity index (χ2v) is 14.5. The molecule has 1 aliphatic carbocycles. The Morgan fingerprint density at radius 3 is 2.67 bits per heavy atom. The van der Waals surface area contributed by atoms with Gasteiger partial charge < -0.3 is 40.3 Å². The molecule has 1 fully saturated rings. The van der Waals surface area contributed by atoms with Crippen molar-refractivity contribution in [3.05, 3.63) is 116 Å². The van der Waals surface area contributed by atoms with Gasteiger partial charge in [-0.25, -0.2) is 4.98 Å². The summed E-state index contributed by atoms with van der Waals surface area (Å²) in [4.78, 5) is 33.8. The van der Waals surface area contributed by atoms with Gasteiger partial charge in [-0.3, -0.25) is 9.59 Å². The van der Waals surface area contributed by atoms with E-state index in [0.29, 0.717) is 66.3 Å². The molecule has 6 rings (SSSR count). The first-order valence-electron chi connectivity index (χ1n) is 17.7. The summed E-state index contributed by atoms with van der Waals surface area (Å²) in [5, 5.41) is 39.1. The number of likely N-dealkylation sites (N-methyl/N-ethyl adjacent to an activating group) is 1. The summed E-state index contributed by atoms with van der Waals surface area (Å²) in [6, 6.07) is 20.4. The van der Waals surface area contributed by atoms with Crippen molar-refractivity contribution in [2.45, 2.75) is 56.7 Å². The second-order valence-electron chi connectivity index (χ2n) is 13.5. The number of H-pyrrole nitrogens is 1. The average Bonchev–Trinajstić information content (AvgIpc) is 3.80. The standard InChI is InChI=1S/C39H47N5O6S/c1-44(21-18-30-24-42-37(50-30)39(49,28-11-4-2-5-12-28)29-13-6-3-7-14-29)22-20-41-36(47)27-10-8-9-26(23-27)17-19-40-25-33(46)31-15-16-32(45)34-35(31)51-38(48)43-34/h2,4-5,8-12,15-16,23-24,29,33,40,45-46,49H,3,6-7,13-14,17-22,25H2,1H3,(H,41,47)(H,43,48)/t33-,39?/m1/s1. The predicted octanol–water partition coefficient (Wildman–Crippen LogP) is 4.87. The molecule has 0 spiro atoms. The summed E-state index contributed by atoms with van der Waals surface area (Å²) in [5.41, 5.74) is 2.07. The van der Waals surface area contributed by atoms with E-state index in [-0.39, 0.29) is 29.0 Å². The number of aromatic hydroxyl groups is 1. The number of amides is 1. The minimum absolute atomic E-state index is 0.0243. The van der Waals surface area contributed by atoms with E-state index in [1.807, 2.05) is 55.6 Å². The van der Waals surface area contributed by atoms with Crippen LogP contribution in [-0.2, 0) is 18.4 Å². The zero-order chi connectivity index (χ0) is 35.8. The number of rotatable bonds is 16. The fourth-order valence-electron chi connectivity index (χ4n) is 6.97. The van der Waals surface area contributed by atoms with Gasteiger partial charge in [-0.15, -0.1) is 0 Å². The van der Waals surface area contributed by atoms with E-state index >= 15 is 0 Å². The van der Waals surface area contributed by atoms with E-state index in [1.54, 1.807) is 18.3 Å². The fourth-order valence-corrected chi connectivity index (χ4v) is 7.89. The molecule has 0 saturated heterocycles. The number of hydrogen-bond acceptors (Lipinski definition) is 10. The number of carbonyl (C=O) groups is 1. The maximum atomic E-state index is 12.9. The van der Waals surface area contributed by atoms with E-state index in [1.165, 1.54) is 12.5 Å². The highest BCUT2D eigenvalue weighted by molar-refractivity contribution is 7.16. The summed E-state index contributed by atoms with van der Waals surface area (Å²) in [5.74, 6) is 0.993. The van der Waals surface area contributed by atoms with Crippen LogP contribution in [0.5, 0.6) is 5.75 Å². The molecule has 2 heterocycles. The monoisotopic (exact) mass is 713 g/mol. The molecule has 1 saturated carbocycles. The van der Waals surface area contributed by atoms with E-state index in [4.69, 9.17) is 4.42 Å². The third-order valence-corrected chi connectivity index (χ3v) is 10.8. The molecule has 1 amide bonds. The van der Waals surface area contributed by atoms with E-state index in [0.717, 1.165) is 53.9 Å². The van der Waals surface area contributed by atoms with Crippen molar-refractivity contribution in [1.82, 2.24) is 25.5 Å². The van der Waals surface area contributed by atoms with Gasteiger partial charge >= 0.3 is 4.87 Å². The number of phenols is 1. The second kappa shape index (κ2) is 16.8. The molecule has 0 radical (unpaired) electrons. The Morgan fingerprint density at radius 1 is 1.06 bits per heavy atom. The number of carbonyl (C=O) groups excluding carboxylic acids is 1. The summed E-state index contributed by atoms with van der Waals surface area (Å²) < 4.78 is 6.76. The van der Waals surface area contributed by atoms with Crippen molar-refractivity contribution in [2.75, 3.05) is 39.8 Å². The predicted molar refractivity (Wildman–Crippen MR) is 198 cm³/mol. The van der Waals surface area contributed by atoms with Gasteiger partial charge in [0.2, 0.25) is 5.89 Å². The number of fused-ring (bicyclic) bond motifs is 1. The Bertz CT molecular complexity index is 1950. The minimum Gasteiger partial charge on any atom is -0.506 e. The highest BCUT2D eigenvalue weighted by Gasteiger charge is 2.44. The third kappa shape index (κ3) is 8.77. The number of thiazole rings is 1. The maximum Gasteiger partial charge on any atom is 0.305 e. The molecule has 3 aromatic carbocycles. The van der Waals surface area contributed by atoms with Gasteiger partial charge in [-0.1, -0.05) is 79.1 Å². The maximum absolute atomic E-state index is 12.9. The smallest absolute Gasteiger partial charge is 0.305 e. The van der Waals surface area contributed by atoms with Crippen molar-refractivity contribution >= 4 is 27.5 Å².